The molecule has 2 rings (SSSR count). The highest BCUT2D eigenvalue weighted by molar-refractivity contribution is 4.93. The van der Waals surface area contributed by atoms with Crippen LogP contribution in [0.5, 0.6) is 0 Å². The van der Waals surface area contributed by atoms with Crippen LogP contribution in [0.15, 0.2) is 0 Å². The number of ether oxygens (including phenoxy) is 1. The number of aromatic nitrogens is 3. The first-order chi connectivity index (χ1) is 6.88. The van der Waals surface area contributed by atoms with Gasteiger partial charge in [0.2, 0.25) is 0 Å². The van der Waals surface area contributed by atoms with Gasteiger partial charge in [-0.25, -0.2) is 4.98 Å². The minimum atomic E-state index is 0.376. The van der Waals surface area contributed by atoms with Gasteiger partial charge in [0.25, 0.3) is 0 Å². The Morgan fingerprint density at radius 3 is 3.14 bits per heavy atom. The predicted octanol–water partition coefficient (Wildman–Crippen LogP) is -0.102. The average Bonchev–Trinajstić information content (AvgIpc) is 2.67. The lowest BCUT2D eigenvalue weighted by Crippen LogP contribution is -2.42. The third-order valence-corrected chi connectivity index (χ3v) is 2.33. The van der Waals surface area contributed by atoms with Gasteiger partial charge in [-0.15, -0.1) is 0 Å². The van der Waals surface area contributed by atoms with E-state index in [-0.39, 0.29) is 0 Å². The maximum Gasteiger partial charge on any atom is 0.150 e. The number of H-pyrrole nitrogens is 1. The lowest BCUT2D eigenvalue weighted by atomic mass is 10.2. The molecule has 0 aliphatic carbocycles. The molecule has 1 aromatic heterocycles. The minimum absolute atomic E-state index is 0.376. The minimum Gasteiger partial charge on any atom is -0.379 e. The number of rotatable bonds is 3. The van der Waals surface area contributed by atoms with Crippen LogP contribution in [0.4, 0.5) is 0 Å². The summed E-state index contributed by atoms with van der Waals surface area (Å²) in [5.41, 5.74) is 0. The van der Waals surface area contributed by atoms with E-state index < -0.39 is 0 Å². The SMILES string of the molecule is CCc1n[nH]c(CC2COCCN2)n1. The van der Waals surface area contributed by atoms with Crippen molar-refractivity contribution in [2.45, 2.75) is 25.8 Å². The second kappa shape index (κ2) is 4.52. The molecule has 1 aliphatic rings. The Labute approximate surface area is 83.3 Å². The molecule has 5 nitrogen and oxygen atoms in total. The summed E-state index contributed by atoms with van der Waals surface area (Å²) in [4.78, 5) is 4.36. The number of hydrogen-bond acceptors (Lipinski definition) is 4. The van der Waals surface area contributed by atoms with Gasteiger partial charge in [0.1, 0.15) is 11.6 Å². The van der Waals surface area contributed by atoms with Crippen molar-refractivity contribution in [3.8, 4) is 0 Å². The Bertz CT molecular complexity index is 280. The summed E-state index contributed by atoms with van der Waals surface area (Å²) in [6, 6.07) is 0.376. The second-order valence-corrected chi connectivity index (χ2v) is 3.48. The monoisotopic (exact) mass is 196 g/mol. The van der Waals surface area contributed by atoms with Crippen LogP contribution < -0.4 is 5.32 Å². The molecule has 1 atom stereocenters. The summed E-state index contributed by atoms with van der Waals surface area (Å²) < 4.78 is 5.36. The van der Waals surface area contributed by atoms with Crippen molar-refractivity contribution in [1.29, 1.82) is 0 Å². The molecular formula is C9H16N4O. The first kappa shape index (κ1) is 9.61. The molecule has 2 N–H and O–H groups in total. The van der Waals surface area contributed by atoms with E-state index >= 15 is 0 Å². The highest BCUT2D eigenvalue weighted by Crippen LogP contribution is 2.01. The number of aromatic amines is 1. The number of morpholine rings is 1. The lowest BCUT2D eigenvalue weighted by Gasteiger charge is -2.22. The third kappa shape index (κ3) is 2.30. The van der Waals surface area contributed by atoms with Crippen molar-refractivity contribution in [2.75, 3.05) is 19.8 Å². The largest absolute Gasteiger partial charge is 0.379 e. The zero-order valence-electron chi connectivity index (χ0n) is 8.42. The van der Waals surface area contributed by atoms with Crippen molar-refractivity contribution in [2.24, 2.45) is 0 Å². The van der Waals surface area contributed by atoms with Crippen LogP contribution in [-0.4, -0.2) is 41.0 Å². The molecule has 5 heteroatoms. The van der Waals surface area contributed by atoms with E-state index in [1.807, 2.05) is 0 Å². The summed E-state index contributed by atoms with van der Waals surface area (Å²) in [6.07, 6.45) is 1.75. The summed E-state index contributed by atoms with van der Waals surface area (Å²) in [6.45, 7) is 4.56. The van der Waals surface area contributed by atoms with Crippen LogP contribution in [-0.2, 0) is 17.6 Å². The molecule has 0 spiro atoms. The maximum absolute atomic E-state index is 5.36. The topological polar surface area (TPSA) is 62.8 Å². The molecule has 1 unspecified atom stereocenters. The molecule has 1 saturated heterocycles. The number of nitrogens with zero attached hydrogens (tertiary/aromatic N) is 2. The van der Waals surface area contributed by atoms with Gasteiger partial charge < -0.3 is 10.1 Å². The first-order valence-corrected chi connectivity index (χ1v) is 5.09. The van der Waals surface area contributed by atoms with Gasteiger partial charge in [0.05, 0.1) is 13.2 Å². The van der Waals surface area contributed by atoms with Crippen molar-refractivity contribution in [1.82, 2.24) is 20.5 Å². The lowest BCUT2D eigenvalue weighted by molar-refractivity contribution is 0.0764. The van der Waals surface area contributed by atoms with Gasteiger partial charge in [-0.3, -0.25) is 5.10 Å². The Morgan fingerprint density at radius 2 is 2.50 bits per heavy atom. The molecule has 0 bridgehead atoms. The Balaban J connectivity index is 1.89. The van der Waals surface area contributed by atoms with Gasteiger partial charge >= 0.3 is 0 Å². The standard InChI is InChI=1S/C9H16N4O/c1-2-8-11-9(13-12-8)5-7-6-14-4-3-10-7/h7,10H,2-6H2,1H3,(H,11,12,13). The third-order valence-electron chi connectivity index (χ3n) is 2.33. The quantitative estimate of drug-likeness (QED) is 0.708. The number of aryl methyl sites for hydroxylation is 1. The van der Waals surface area contributed by atoms with Crippen LogP contribution in [0, 0.1) is 0 Å². The second-order valence-electron chi connectivity index (χ2n) is 3.48. The smallest absolute Gasteiger partial charge is 0.150 e. The van der Waals surface area contributed by atoms with E-state index in [4.69, 9.17) is 4.74 Å². The molecule has 2 heterocycles. The summed E-state index contributed by atoms with van der Waals surface area (Å²) in [5.74, 6) is 1.83. The predicted molar refractivity (Wildman–Crippen MR) is 52.1 cm³/mol. The van der Waals surface area contributed by atoms with Crippen LogP contribution in [0.2, 0.25) is 0 Å². The van der Waals surface area contributed by atoms with Gasteiger partial charge in [0.15, 0.2) is 0 Å². The Hall–Kier alpha value is -0.940. The van der Waals surface area contributed by atoms with E-state index in [9.17, 15) is 0 Å². The van der Waals surface area contributed by atoms with Gasteiger partial charge in [0, 0.05) is 25.4 Å². The normalized spacial score (nSPS) is 22.5. The van der Waals surface area contributed by atoms with E-state index in [1.54, 1.807) is 0 Å². The van der Waals surface area contributed by atoms with E-state index in [0.29, 0.717) is 6.04 Å². The molecule has 1 aliphatic heterocycles. The van der Waals surface area contributed by atoms with Gasteiger partial charge in [-0.2, -0.15) is 5.10 Å². The summed E-state index contributed by atoms with van der Waals surface area (Å²) in [5, 5.41) is 10.4. The Kier molecular flexibility index (Phi) is 3.10. The molecule has 0 saturated carbocycles. The molecule has 78 valence electrons. The number of nitrogens with one attached hydrogen (secondary N) is 2. The Morgan fingerprint density at radius 1 is 1.57 bits per heavy atom. The fourth-order valence-electron chi connectivity index (χ4n) is 1.57. The fraction of sp³-hybridized carbons (Fsp3) is 0.778. The first-order valence-electron chi connectivity index (χ1n) is 5.09. The van der Waals surface area contributed by atoms with Crippen LogP contribution in [0.25, 0.3) is 0 Å². The summed E-state index contributed by atoms with van der Waals surface area (Å²) in [7, 11) is 0. The molecule has 0 amide bonds. The number of hydrogen-bond donors (Lipinski definition) is 2. The summed E-state index contributed by atoms with van der Waals surface area (Å²) >= 11 is 0. The molecule has 1 aromatic rings. The van der Waals surface area contributed by atoms with Crippen LogP contribution in [0.3, 0.4) is 0 Å². The van der Waals surface area contributed by atoms with E-state index in [1.165, 1.54) is 0 Å². The zero-order valence-corrected chi connectivity index (χ0v) is 8.42. The van der Waals surface area contributed by atoms with E-state index in [0.717, 1.165) is 44.2 Å². The fourth-order valence-corrected chi connectivity index (χ4v) is 1.57. The molecule has 0 radical (unpaired) electrons. The van der Waals surface area contributed by atoms with Gasteiger partial charge in [-0.05, 0) is 0 Å². The highest BCUT2D eigenvalue weighted by atomic mass is 16.5. The maximum atomic E-state index is 5.36. The molecule has 14 heavy (non-hydrogen) atoms. The van der Waals surface area contributed by atoms with E-state index in [2.05, 4.69) is 27.4 Å². The molecular weight excluding hydrogens is 180 g/mol. The van der Waals surface area contributed by atoms with Crippen LogP contribution in [0.1, 0.15) is 18.6 Å². The van der Waals surface area contributed by atoms with Crippen molar-refractivity contribution in [3.05, 3.63) is 11.6 Å². The van der Waals surface area contributed by atoms with Gasteiger partial charge in [-0.1, -0.05) is 6.92 Å². The van der Waals surface area contributed by atoms with Crippen LogP contribution >= 0.6 is 0 Å². The van der Waals surface area contributed by atoms with Crippen molar-refractivity contribution >= 4 is 0 Å². The molecule has 0 aromatic carbocycles. The zero-order chi connectivity index (χ0) is 9.80. The van der Waals surface area contributed by atoms with Crippen molar-refractivity contribution in [3.63, 3.8) is 0 Å². The highest BCUT2D eigenvalue weighted by Gasteiger charge is 2.15. The van der Waals surface area contributed by atoms with Crippen molar-refractivity contribution < 1.29 is 4.74 Å². The molecule has 1 fully saturated rings. The average molecular weight is 196 g/mol.